The summed E-state index contributed by atoms with van der Waals surface area (Å²) in [4.78, 5) is 15.9. The van der Waals surface area contributed by atoms with Crippen molar-refractivity contribution in [2.24, 2.45) is 5.92 Å². The number of nitrogens with zero attached hydrogens (tertiary/aromatic N) is 3. The van der Waals surface area contributed by atoms with Crippen LogP contribution in [0.15, 0.2) is 53.9 Å². The summed E-state index contributed by atoms with van der Waals surface area (Å²) in [7, 11) is 0. The van der Waals surface area contributed by atoms with Gasteiger partial charge in [0.1, 0.15) is 5.69 Å². The highest BCUT2D eigenvalue weighted by Gasteiger charge is 2.26. The van der Waals surface area contributed by atoms with Crippen molar-refractivity contribution >= 4 is 34.7 Å². The van der Waals surface area contributed by atoms with E-state index < -0.39 is 0 Å². The van der Waals surface area contributed by atoms with Gasteiger partial charge in [-0.2, -0.15) is 0 Å². The Balaban J connectivity index is 1.35. The fourth-order valence-electron chi connectivity index (χ4n) is 3.38. The lowest BCUT2D eigenvalue weighted by Crippen LogP contribution is -2.43. The molecule has 1 fully saturated rings. The molecule has 0 radical (unpaired) electrons. The number of amides is 1. The van der Waals surface area contributed by atoms with Crippen LogP contribution in [-0.4, -0.2) is 29.2 Å². The molecule has 1 aliphatic heterocycles. The first-order chi connectivity index (χ1) is 13.7. The molecule has 2 aromatic heterocycles. The van der Waals surface area contributed by atoms with Crippen molar-refractivity contribution in [3.05, 3.63) is 64.5 Å². The van der Waals surface area contributed by atoms with Crippen molar-refractivity contribution in [2.75, 3.05) is 18.0 Å². The Morgan fingerprint density at radius 1 is 1.18 bits per heavy atom. The number of hydrogen-bond acceptors (Lipinski definition) is 5. The number of thiophene rings is 1. The normalized spacial score (nSPS) is 16.8. The molecule has 1 saturated heterocycles. The molecule has 28 heavy (non-hydrogen) atoms. The van der Waals surface area contributed by atoms with Crippen LogP contribution in [0.4, 0.5) is 5.82 Å². The van der Waals surface area contributed by atoms with E-state index in [1.165, 1.54) is 0 Å². The number of piperidine rings is 1. The van der Waals surface area contributed by atoms with Crippen LogP contribution in [0.2, 0.25) is 5.02 Å². The topological polar surface area (TPSA) is 58.1 Å². The molecule has 0 bridgehead atoms. The first-order valence-corrected chi connectivity index (χ1v) is 10.6. The fourth-order valence-corrected chi connectivity index (χ4v) is 4.20. The molecule has 1 unspecified atom stereocenters. The maximum atomic E-state index is 12.6. The number of rotatable bonds is 5. The minimum atomic E-state index is -0.0418. The molecule has 0 spiro atoms. The van der Waals surface area contributed by atoms with Crippen LogP contribution < -0.4 is 10.2 Å². The highest BCUT2D eigenvalue weighted by molar-refractivity contribution is 7.13. The summed E-state index contributed by atoms with van der Waals surface area (Å²) in [5.74, 6) is 0.873. The number of hydrogen-bond donors (Lipinski definition) is 1. The zero-order valence-corrected chi connectivity index (χ0v) is 16.9. The second kappa shape index (κ2) is 8.71. The van der Waals surface area contributed by atoms with E-state index in [2.05, 4.69) is 20.4 Å². The van der Waals surface area contributed by atoms with E-state index in [0.29, 0.717) is 18.1 Å². The number of benzene rings is 1. The molecule has 5 nitrogen and oxygen atoms in total. The number of aromatic nitrogens is 2. The third-order valence-corrected chi connectivity index (χ3v) is 6.06. The molecule has 7 heteroatoms. The van der Waals surface area contributed by atoms with Gasteiger partial charge >= 0.3 is 0 Å². The molecule has 3 heterocycles. The average molecular weight is 413 g/mol. The van der Waals surface area contributed by atoms with Crippen molar-refractivity contribution in [1.29, 1.82) is 0 Å². The average Bonchev–Trinajstić information content (AvgIpc) is 3.28. The second-order valence-electron chi connectivity index (χ2n) is 6.88. The molecular formula is C21H21ClN4OS. The maximum Gasteiger partial charge on any atom is 0.225 e. The Bertz CT molecular complexity index is 913. The third kappa shape index (κ3) is 4.51. The van der Waals surface area contributed by atoms with Crippen molar-refractivity contribution in [3.63, 3.8) is 0 Å². The van der Waals surface area contributed by atoms with Gasteiger partial charge in [-0.3, -0.25) is 4.79 Å². The monoisotopic (exact) mass is 412 g/mol. The van der Waals surface area contributed by atoms with E-state index >= 15 is 0 Å². The summed E-state index contributed by atoms with van der Waals surface area (Å²) in [5.41, 5.74) is 1.92. The highest BCUT2D eigenvalue weighted by atomic mass is 35.5. The number of halogens is 1. The molecule has 1 amide bonds. The van der Waals surface area contributed by atoms with Crippen molar-refractivity contribution in [1.82, 2.24) is 15.5 Å². The van der Waals surface area contributed by atoms with Crippen LogP contribution in [0, 0.1) is 5.92 Å². The van der Waals surface area contributed by atoms with Gasteiger partial charge in [0.05, 0.1) is 10.8 Å². The highest BCUT2D eigenvalue weighted by Crippen LogP contribution is 2.25. The van der Waals surface area contributed by atoms with E-state index in [0.717, 1.165) is 41.3 Å². The molecule has 1 aliphatic rings. The summed E-state index contributed by atoms with van der Waals surface area (Å²) in [6.45, 7) is 2.08. The van der Waals surface area contributed by atoms with Crippen molar-refractivity contribution in [2.45, 2.75) is 19.4 Å². The largest absolute Gasteiger partial charge is 0.354 e. The van der Waals surface area contributed by atoms with Gasteiger partial charge in [0.2, 0.25) is 5.91 Å². The summed E-state index contributed by atoms with van der Waals surface area (Å²) < 4.78 is 0. The molecule has 4 rings (SSSR count). The summed E-state index contributed by atoms with van der Waals surface area (Å²) in [5, 5.41) is 14.5. The van der Waals surface area contributed by atoms with Gasteiger partial charge in [-0.15, -0.1) is 21.5 Å². The number of nitrogens with one attached hydrogen (secondary N) is 1. The molecule has 3 aromatic rings. The van der Waals surface area contributed by atoms with Gasteiger partial charge in [0.15, 0.2) is 5.82 Å². The Kier molecular flexibility index (Phi) is 5.88. The van der Waals surface area contributed by atoms with Gasteiger partial charge in [-0.25, -0.2) is 0 Å². The predicted octanol–water partition coefficient (Wildman–Crippen LogP) is 4.39. The predicted molar refractivity (Wildman–Crippen MR) is 114 cm³/mol. The summed E-state index contributed by atoms with van der Waals surface area (Å²) >= 11 is 7.56. The zero-order chi connectivity index (χ0) is 19.3. The third-order valence-electron chi connectivity index (χ3n) is 4.92. The van der Waals surface area contributed by atoms with Gasteiger partial charge in [0, 0.05) is 24.7 Å². The molecular weight excluding hydrogens is 392 g/mol. The van der Waals surface area contributed by atoms with Crippen LogP contribution in [0.1, 0.15) is 18.4 Å². The smallest absolute Gasteiger partial charge is 0.225 e. The first-order valence-electron chi connectivity index (χ1n) is 9.34. The Labute approximate surface area is 173 Å². The number of carbonyl (C=O) groups is 1. The van der Waals surface area contributed by atoms with E-state index in [1.807, 2.05) is 53.9 Å². The molecule has 1 N–H and O–H groups in total. The maximum absolute atomic E-state index is 12.6. The number of carbonyl (C=O) groups excluding carboxylic acids is 1. The molecule has 0 aliphatic carbocycles. The Hall–Kier alpha value is -2.44. The molecule has 1 atom stereocenters. The van der Waals surface area contributed by atoms with Gasteiger partial charge < -0.3 is 10.2 Å². The summed E-state index contributed by atoms with van der Waals surface area (Å²) in [6, 6.07) is 15.6. The lowest BCUT2D eigenvalue weighted by Gasteiger charge is -2.32. The summed E-state index contributed by atoms with van der Waals surface area (Å²) in [6.07, 6.45) is 1.86. The van der Waals surface area contributed by atoms with Crippen LogP contribution >= 0.6 is 22.9 Å². The Morgan fingerprint density at radius 2 is 2.04 bits per heavy atom. The number of anilines is 1. The lowest BCUT2D eigenvalue weighted by molar-refractivity contribution is -0.125. The van der Waals surface area contributed by atoms with E-state index in [1.54, 1.807) is 11.3 Å². The molecule has 0 saturated carbocycles. The van der Waals surface area contributed by atoms with Gasteiger partial charge in [0.25, 0.3) is 0 Å². The minimum absolute atomic E-state index is 0.0418. The van der Waals surface area contributed by atoms with Gasteiger partial charge in [-0.1, -0.05) is 29.8 Å². The van der Waals surface area contributed by atoms with Crippen LogP contribution in [0.25, 0.3) is 10.6 Å². The molecule has 1 aromatic carbocycles. The first kappa shape index (κ1) is 18.9. The van der Waals surface area contributed by atoms with Crippen LogP contribution in [0.5, 0.6) is 0 Å². The Morgan fingerprint density at radius 3 is 2.75 bits per heavy atom. The minimum Gasteiger partial charge on any atom is -0.354 e. The van der Waals surface area contributed by atoms with Gasteiger partial charge in [-0.05, 0) is 54.1 Å². The zero-order valence-electron chi connectivity index (χ0n) is 15.3. The molecule has 144 valence electrons. The quantitative estimate of drug-likeness (QED) is 0.675. The lowest BCUT2D eigenvalue weighted by atomic mass is 9.97. The van der Waals surface area contributed by atoms with Crippen molar-refractivity contribution < 1.29 is 4.79 Å². The van der Waals surface area contributed by atoms with Crippen molar-refractivity contribution in [3.8, 4) is 10.6 Å². The fraction of sp³-hybridized carbons (Fsp3) is 0.286. The van der Waals surface area contributed by atoms with E-state index in [4.69, 9.17) is 11.6 Å². The SMILES string of the molecule is O=C(NCc1ccc(Cl)cc1)C1CCCN(c2ccc(-c3cccs3)nn2)C1. The van der Waals surface area contributed by atoms with E-state index in [-0.39, 0.29) is 11.8 Å². The van der Waals surface area contributed by atoms with Crippen LogP contribution in [-0.2, 0) is 11.3 Å². The van der Waals surface area contributed by atoms with Crippen LogP contribution in [0.3, 0.4) is 0 Å². The standard InChI is InChI=1S/C21H21ClN4OS/c22-17-7-5-15(6-8-17)13-23-21(27)16-3-1-11-26(14-16)20-10-9-18(24-25-20)19-4-2-12-28-19/h2,4-10,12,16H,1,3,11,13-14H2,(H,23,27). The second-order valence-corrected chi connectivity index (χ2v) is 8.27. The van der Waals surface area contributed by atoms with E-state index in [9.17, 15) is 4.79 Å².